The van der Waals surface area contributed by atoms with E-state index in [1.54, 1.807) is 11.5 Å². The van der Waals surface area contributed by atoms with E-state index >= 15 is 0 Å². The van der Waals surface area contributed by atoms with Crippen LogP contribution in [0.4, 0.5) is 0 Å². The van der Waals surface area contributed by atoms with Crippen molar-refractivity contribution in [3.63, 3.8) is 0 Å². The molecule has 5 nitrogen and oxygen atoms in total. The summed E-state index contributed by atoms with van der Waals surface area (Å²) in [4.78, 5) is 18.5. The molecule has 0 atom stereocenters. The molecular weight excluding hydrogens is 372 g/mol. The standard InChI is InChI=1S/C22H22N2O3S/c1-12(2)27-20-15(7-6-8-18(20)26-5)11-19-21(25)24-17-10-14(4)13(3)9-16(17)23-22(24)28-19/h6-12H,1-5H3/b19-11-. The highest BCUT2D eigenvalue weighted by molar-refractivity contribution is 7.15. The van der Waals surface area contributed by atoms with E-state index in [1.807, 2.05) is 57.2 Å². The van der Waals surface area contributed by atoms with Crippen LogP contribution in [0, 0.1) is 13.8 Å². The van der Waals surface area contributed by atoms with Crippen molar-refractivity contribution in [2.45, 2.75) is 33.8 Å². The molecule has 0 saturated carbocycles. The van der Waals surface area contributed by atoms with Crippen LogP contribution < -0.4 is 19.6 Å². The van der Waals surface area contributed by atoms with E-state index in [9.17, 15) is 4.79 Å². The molecule has 0 aliphatic heterocycles. The van der Waals surface area contributed by atoms with Crippen LogP contribution >= 0.6 is 11.3 Å². The molecule has 2 aromatic carbocycles. The molecule has 4 rings (SSSR count). The van der Waals surface area contributed by atoms with Crippen LogP contribution in [0.2, 0.25) is 0 Å². The van der Waals surface area contributed by atoms with Crippen molar-refractivity contribution < 1.29 is 9.47 Å². The van der Waals surface area contributed by atoms with Gasteiger partial charge in [-0.1, -0.05) is 23.5 Å². The molecule has 144 valence electrons. The molecule has 0 N–H and O–H groups in total. The third-order valence-electron chi connectivity index (χ3n) is 4.72. The minimum absolute atomic E-state index is 0.00835. The maximum Gasteiger partial charge on any atom is 0.274 e. The van der Waals surface area contributed by atoms with Gasteiger partial charge in [-0.2, -0.15) is 0 Å². The van der Waals surface area contributed by atoms with E-state index in [2.05, 4.69) is 11.9 Å². The van der Waals surface area contributed by atoms with Gasteiger partial charge in [-0.25, -0.2) is 9.38 Å². The number of para-hydroxylation sites is 1. The molecule has 0 radical (unpaired) electrons. The SMILES string of the molecule is COc1cccc(/C=c2\sc3nc4cc(C)c(C)cc4n3c2=O)c1OC(C)C. The lowest BCUT2D eigenvalue weighted by molar-refractivity contribution is 0.229. The second-order valence-corrected chi connectivity index (χ2v) is 8.13. The number of ether oxygens (including phenoxy) is 2. The van der Waals surface area contributed by atoms with Crippen molar-refractivity contribution in [3.05, 3.63) is 61.9 Å². The summed E-state index contributed by atoms with van der Waals surface area (Å²) >= 11 is 1.38. The van der Waals surface area contributed by atoms with E-state index in [0.29, 0.717) is 21.0 Å². The van der Waals surface area contributed by atoms with Gasteiger partial charge in [-0.15, -0.1) is 0 Å². The fourth-order valence-corrected chi connectivity index (χ4v) is 4.21. The highest BCUT2D eigenvalue weighted by atomic mass is 32.1. The number of fused-ring (bicyclic) bond motifs is 3. The number of methoxy groups -OCH3 is 1. The first-order valence-corrected chi connectivity index (χ1v) is 9.98. The topological polar surface area (TPSA) is 52.8 Å². The third kappa shape index (κ3) is 3.03. The maximum atomic E-state index is 13.1. The van der Waals surface area contributed by atoms with Crippen LogP contribution in [0.1, 0.15) is 30.5 Å². The predicted molar refractivity (Wildman–Crippen MR) is 114 cm³/mol. The van der Waals surface area contributed by atoms with Crippen LogP contribution in [0.25, 0.3) is 22.1 Å². The summed E-state index contributed by atoms with van der Waals surface area (Å²) in [6.45, 7) is 8.03. The van der Waals surface area contributed by atoms with Crippen LogP contribution in [-0.2, 0) is 0 Å². The number of nitrogens with zero attached hydrogens (tertiary/aromatic N) is 2. The highest BCUT2D eigenvalue weighted by Crippen LogP contribution is 2.32. The van der Waals surface area contributed by atoms with Crippen molar-refractivity contribution in [3.8, 4) is 11.5 Å². The minimum Gasteiger partial charge on any atom is -0.493 e. The van der Waals surface area contributed by atoms with Gasteiger partial charge in [0, 0.05) is 5.56 Å². The quantitative estimate of drug-likeness (QED) is 0.527. The lowest BCUT2D eigenvalue weighted by atomic mass is 10.1. The Balaban J connectivity index is 1.95. The van der Waals surface area contributed by atoms with Crippen LogP contribution in [-0.4, -0.2) is 22.6 Å². The number of thiazole rings is 1. The van der Waals surface area contributed by atoms with E-state index in [1.165, 1.54) is 16.9 Å². The Kier molecular flexibility index (Phi) is 4.59. The van der Waals surface area contributed by atoms with Crippen molar-refractivity contribution in [1.29, 1.82) is 0 Å². The highest BCUT2D eigenvalue weighted by Gasteiger charge is 2.15. The number of aryl methyl sites for hydroxylation is 2. The molecule has 0 spiro atoms. The molecule has 2 aromatic heterocycles. The molecule has 6 heteroatoms. The second-order valence-electron chi connectivity index (χ2n) is 7.12. The summed E-state index contributed by atoms with van der Waals surface area (Å²) in [5, 5.41) is 0. The Labute approximate surface area is 166 Å². The smallest absolute Gasteiger partial charge is 0.274 e. The number of benzene rings is 2. The Morgan fingerprint density at radius 2 is 1.93 bits per heavy atom. The van der Waals surface area contributed by atoms with Crippen LogP contribution in [0.3, 0.4) is 0 Å². The summed E-state index contributed by atoms with van der Waals surface area (Å²) in [5.41, 5.74) is 4.76. The lowest BCUT2D eigenvalue weighted by Gasteiger charge is -2.15. The van der Waals surface area contributed by atoms with Gasteiger partial charge in [0.05, 0.1) is 28.8 Å². The normalized spacial score (nSPS) is 12.4. The third-order valence-corrected chi connectivity index (χ3v) is 5.69. The summed E-state index contributed by atoms with van der Waals surface area (Å²) in [5.74, 6) is 1.29. The van der Waals surface area contributed by atoms with E-state index < -0.39 is 0 Å². The van der Waals surface area contributed by atoms with E-state index in [4.69, 9.17) is 9.47 Å². The molecule has 2 heterocycles. The van der Waals surface area contributed by atoms with Gasteiger partial charge in [0.1, 0.15) is 0 Å². The molecule has 0 saturated heterocycles. The number of hydrogen-bond donors (Lipinski definition) is 0. The maximum absolute atomic E-state index is 13.1. The summed E-state index contributed by atoms with van der Waals surface area (Å²) in [6.07, 6.45) is 1.85. The molecule has 0 amide bonds. The van der Waals surface area contributed by atoms with E-state index in [-0.39, 0.29) is 11.7 Å². The van der Waals surface area contributed by atoms with Crippen molar-refractivity contribution >= 4 is 33.4 Å². The van der Waals surface area contributed by atoms with Gasteiger partial charge < -0.3 is 9.47 Å². The Bertz CT molecular complexity index is 1300. The average Bonchev–Trinajstić information content (AvgIpc) is 3.13. The number of imidazole rings is 1. The molecule has 0 unspecified atom stereocenters. The summed E-state index contributed by atoms with van der Waals surface area (Å²) in [7, 11) is 1.61. The number of aromatic nitrogens is 2. The van der Waals surface area contributed by atoms with Gasteiger partial charge in [0.2, 0.25) is 0 Å². The fraction of sp³-hybridized carbons (Fsp3) is 0.273. The molecule has 0 fully saturated rings. The first-order valence-electron chi connectivity index (χ1n) is 9.16. The molecular formula is C22H22N2O3S. The summed E-state index contributed by atoms with van der Waals surface area (Å²) in [6, 6.07) is 9.73. The zero-order chi connectivity index (χ0) is 20.0. The summed E-state index contributed by atoms with van der Waals surface area (Å²) < 4.78 is 13.7. The van der Waals surface area contributed by atoms with Gasteiger partial charge >= 0.3 is 0 Å². The molecule has 28 heavy (non-hydrogen) atoms. The predicted octanol–water partition coefficient (Wildman–Crippen LogP) is 3.87. The van der Waals surface area contributed by atoms with Gasteiger partial charge in [0.15, 0.2) is 16.5 Å². The fourth-order valence-electron chi connectivity index (χ4n) is 3.23. The largest absolute Gasteiger partial charge is 0.493 e. The Hall–Kier alpha value is -2.86. The minimum atomic E-state index is -0.0657. The van der Waals surface area contributed by atoms with Gasteiger partial charge in [0.25, 0.3) is 5.56 Å². The zero-order valence-corrected chi connectivity index (χ0v) is 17.4. The van der Waals surface area contributed by atoms with Gasteiger partial charge in [-0.05, 0) is 63.1 Å². The average molecular weight is 394 g/mol. The van der Waals surface area contributed by atoms with Crippen LogP contribution in [0.15, 0.2) is 35.1 Å². The molecule has 4 aromatic rings. The Morgan fingerprint density at radius 1 is 1.18 bits per heavy atom. The zero-order valence-electron chi connectivity index (χ0n) is 16.6. The number of rotatable bonds is 4. The lowest BCUT2D eigenvalue weighted by Crippen LogP contribution is -2.23. The monoisotopic (exact) mass is 394 g/mol. The van der Waals surface area contributed by atoms with Gasteiger partial charge in [-0.3, -0.25) is 4.79 Å². The van der Waals surface area contributed by atoms with E-state index in [0.717, 1.165) is 22.2 Å². The molecule has 0 aliphatic carbocycles. The second kappa shape index (κ2) is 6.95. The first kappa shape index (κ1) is 18.5. The van der Waals surface area contributed by atoms with Crippen LogP contribution in [0.5, 0.6) is 11.5 Å². The van der Waals surface area contributed by atoms with Crippen molar-refractivity contribution in [2.75, 3.05) is 7.11 Å². The van der Waals surface area contributed by atoms with Crippen molar-refractivity contribution in [1.82, 2.24) is 9.38 Å². The molecule has 0 bridgehead atoms. The first-order chi connectivity index (χ1) is 13.4. The van der Waals surface area contributed by atoms with Crippen molar-refractivity contribution in [2.24, 2.45) is 0 Å². The Morgan fingerprint density at radius 3 is 2.64 bits per heavy atom. The number of hydrogen-bond acceptors (Lipinski definition) is 5. The molecule has 0 aliphatic rings.